The molecule has 0 bridgehead atoms. The molecule has 2 rings (SSSR count). The molecule has 0 saturated carbocycles. The molecule has 1 aromatic carbocycles. The van der Waals surface area contributed by atoms with Crippen LogP contribution in [0.15, 0.2) is 29.6 Å². The van der Waals surface area contributed by atoms with Crippen LogP contribution in [0.5, 0.6) is 0 Å². The van der Waals surface area contributed by atoms with Gasteiger partial charge in [0.2, 0.25) is 0 Å². The summed E-state index contributed by atoms with van der Waals surface area (Å²) in [5.41, 5.74) is 7.95. The standard InChI is InChI=1S/C13H15IN2S/c1-8-3-4-10(5-9(8)2)13(16-15)11-6-12(14)17-7-11/h3-7,13,16H,15H2,1-2H3. The van der Waals surface area contributed by atoms with Gasteiger partial charge in [-0.3, -0.25) is 5.84 Å². The highest BCUT2D eigenvalue weighted by molar-refractivity contribution is 14.1. The fraction of sp³-hybridized carbons (Fsp3) is 0.231. The molecule has 0 saturated heterocycles. The second-order valence-corrected chi connectivity index (χ2v) is 6.93. The van der Waals surface area contributed by atoms with Gasteiger partial charge in [-0.05, 0) is 70.1 Å². The lowest BCUT2D eigenvalue weighted by Crippen LogP contribution is -2.28. The Hall–Kier alpha value is -0.430. The second kappa shape index (κ2) is 5.48. The van der Waals surface area contributed by atoms with E-state index in [0.717, 1.165) is 0 Å². The lowest BCUT2D eigenvalue weighted by molar-refractivity contribution is 0.638. The van der Waals surface area contributed by atoms with Crippen molar-refractivity contribution in [1.29, 1.82) is 0 Å². The number of nitrogens with one attached hydrogen (secondary N) is 1. The fourth-order valence-electron chi connectivity index (χ4n) is 1.80. The van der Waals surface area contributed by atoms with Gasteiger partial charge in [0.25, 0.3) is 0 Å². The molecular formula is C13H15IN2S. The van der Waals surface area contributed by atoms with Crippen LogP contribution < -0.4 is 11.3 Å². The van der Waals surface area contributed by atoms with E-state index in [1.807, 2.05) is 0 Å². The Morgan fingerprint density at radius 1 is 1.18 bits per heavy atom. The first-order chi connectivity index (χ1) is 8.11. The molecular weight excluding hydrogens is 343 g/mol. The normalized spacial score (nSPS) is 12.7. The highest BCUT2D eigenvalue weighted by atomic mass is 127. The first-order valence-corrected chi connectivity index (χ1v) is 7.35. The molecule has 2 aromatic rings. The van der Waals surface area contributed by atoms with E-state index in [1.165, 1.54) is 25.1 Å². The second-order valence-electron chi connectivity index (χ2n) is 4.13. The molecule has 1 aromatic heterocycles. The minimum Gasteiger partial charge on any atom is -0.271 e. The number of hydrogen-bond acceptors (Lipinski definition) is 3. The van der Waals surface area contributed by atoms with Gasteiger partial charge in [0.05, 0.1) is 8.93 Å². The van der Waals surface area contributed by atoms with Crippen molar-refractivity contribution in [3.8, 4) is 0 Å². The van der Waals surface area contributed by atoms with Gasteiger partial charge in [-0.15, -0.1) is 11.3 Å². The molecule has 1 unspecified atom stereocenters. The summed E-state index contributed by atoms with van der Waals surface area (Å²) < 4.78 is 1.28. The molecule has 1 heterocycles. The molecule has 1 atom stereocenters. The monoisotopic (exact) mass is 358 g/mol. The van der Waals surface area contributed by atoms with Crippen molar-refractivity contribution in [3.05, 3.63) is 54.8 Å². The number of rotatable bonds is 3. The van der Waals surface area contributed by atoms with Gasteiger partial charge >= 0.3 is 0 Å². The van der Waals surface area contributed by atoms with Gasteiger partial charge in [-0.25, -0.2) is 5.43 Å². The van der Waals surface area contributed by atoms with E-state index in [1.54, 1.807) is 11.3 Å². The van der Waals surface area contributed by atoms with Crippen molar-refractivity contribution in [2.45, 2.75) is 19.9 Å². The van der Waals surface area contributed by atoms with Crippen molar-refractivity contribution >= 4 is 33.9 Å². The molecule has 2 nitrogen and oxygen atoms in total. The SMILES string of the molecule is Cc1ccc(C(NN)c2csc(I)c2)cc1C. The van der Waals surface area contributed by atoms with Crippen molar-refractivity contribution in [3.63, 3.8) is 0 Å². The number of hydrazine groups is 1. The molecule has 3 N–H and O–H groups in total. The highest BCUT2D eigenvalue weighted by Crippen LogP contribution is 2.27. The summed E-state index contributed by atoms with van der Waals surface area (Å²) in [6.07, 6.45) is 0. The minimum absolute atomic E-state index is 0.0778. The number of aryl methyl sites for hydroxylation is 2. The molecule has 4 heteroatoms. The van der Waals surface area contributed by atoms with Crippen LogP contribution in [0.2, 0.25) is 0 Å². The maximum atomic E-state index is 5.69. The fourth-order valence-corrected chi connectivity index (χ4v) is 3.20. The number of halogens is 1. The first-order valence-electron chi connectivity index (χ1n) is 5.39. The zero-order valence-electron chi connectivity index (χ0n) is 9.83. The first kappa shape index (κ1) is 13.0. The van der Waals surface area contributed by atoms with Gasteiger partial charge < -0.3 is 0 Å². The Kier molecular flexibility index (Phi) is 4.19. The predicted molar refractivity (Wildman–Crippen MR) is 82.1 cm³/mol. The molecule has 0 aliphatic rings. The Morgan fingerprint density at radius 3 is 2.47 bits per heavy atom. The molecule has 0 fully saturated rings. The van der Waals surface area contributed by atoms with Crippen LogP contribution in [0.4, 0.5) is 0 Å². The van der Waals surface area contributed by atoms with Gasteiger partial charge in [-0.2, -0.15) is 0 Å². The van der Waals surface area contributed by atoms with Crippen LogP contribution in [-0.4, -0.2) is 0 Å². The number of thiophene rings is 1. The summed E-state index contributed by atoms with van der Waals surface area (Å²) in [6, 6.07) is 8.73. The van der Waals surface area contributed by atoms with Crippen molar-refractivity contribution in [2.75, 3.05) is 0 Å². The summed E-state index contributed by atoms with van der Waals surface area (Å²) in [4.78, 5) is 0. The topological polar surface area (TPSA) is 38.0 Å². The number of nitrogens with two attached hydrogens (primary N) is 1. The molecule has 17 heavy (non-hydrogen) atoms. The summed E-state index contributed by atoms with van der Waals surface area (Å²) in [5.74, 6) is 5.69. The van der Waals surface area contributed by atoms with E-state index in [0.29, 0.717) is 0 Å². The molecule has 0 amide bonds. The summed E-state index contributed by atoms with van der Waals surface area (Å²) in [6.45, 7) is 4.25. The third-order valence-electron chi connectivity index (χ3n) is 2.95. The average Bonchev–Trinajstić information content (AvgIpc) is 2.71. The van der Waals surface area contributed by atoms with Crippen LogP contribution in [0.1, 0.15) is 28.3 Å². The Balaban J connectivity index is 2.38. The summed E-state index contributed by atoms with van der Waals surface area (Å²) in [7, 11) is 0. The predicted octanol–water partition coefficient (Wildman–Crippen LogP) is 3.52. The van der Waals surface area contributed by atoms with Crippen molar-refractivity contribution in [1.82, 2.24) is 5.43 Å². The maximum absolute atomic E-state index is 5.69. The van der Waals surface area contributed by atoms with Gasteiger partial charge in [-0.1, -0.05) is 18.2 Å². The summed E-state index contributed by atoms with van der Waals surface area (Å²) >= 11 is 4.07. The van der Waals surface area contributed by atoms with Crippen LogP contribution in [0, 0.1) is 16.7 Å². The van der Waals surface area contributed by atoms with Crippen LogP contribution in [0.3, 0.4) is 0 Å². The largest absolute Gasteiger partial charge is 0.271 e. The van der Waals surface area contributed by atoms with Crippen LogP contribution in [-0.2, 0) is 0 Å². The van der Waals surface area contributed by atoms with Gasteiger partial charge in [0.1, 0.15) is 0 Å². The maximum Gasteiger partial charge on any atom is 0.0718 e. The average molecular weight is 358 g/mol. The lowest BCUT2D eigenvalue weighted by atomic mass is 9.98. The Bertz CT molecular complexity index is 522. The van der Waals surface area contributed by atoms with Crippen LogP contribution in [0.25, 0.3) is 0 Å². The van der Waals surface area contributed by atoms with E-state index in [9.17, 15) is 0 Å². The van der Waals surface area contributed by atoms with Gasteiger partial charge in [0.15, 0.2) is 0 Å². The minimum atomic E-state index is 0.0778. The molecule has 0 aliphatic carbocycles. The van der Waals surface area contributed by atoms with E-state index in [2.05, 4.69) is 71.5 Å². The molecule has 0 radical (unpaired) electrons. The van der Waals surface area contributed by atoms with Crippen LogP contribution >= 0.6 is 33.9 Å². The third kappa shape index (κ3) is 2.88. The van der Waals surface area contributed by atoms with Crippen molar-refractivity contribution in [2.24, 2.45) is 5.84 Å². The van der Waals surface area contributed by atoms with Crippen molar-refractivity contribution < 1.29 is 0 Å². The summed E-state index contributed by atoms with van der Waals surface area (Å²) in [5, 5.41) is 2.15. The number of benzene rings is 1. The quantitative estimate of drug-likeness (QED) is 0.501. The van der Waals surface area contributed by atoms with E-state index < -0.39 is 0 Å². The zero-order chi connectivity index (χ0) is 12.4. The Labute approximate surface area is 119 Å². The zero-order valence-corrected chi connectivity index (χ0v) is 12.8. The molecule has 90 valence electrons. The molecule has 0 spiro atoms. The van der Waals surface area contributed by atoms with Gasteiger partial charge in [0, 0.05) is 0 Å². The van der Waals surface area contributed by atoms with E-state index >= 15 is 0 Å². The smallest absolute Gasteiger partial charge is 0.0718 e. The number of hydrogen-bond donors (Lipinski definition) is 2. The lowest BCUT2D eigenvalue weighted by Gasteiger charge is -2.16. The molecule has 0 aliphatic heterocycles. The van der Waals surface area contributed by atoms with E-state index in [-0.39, 0.29) is 6.04 Å². The third-order valence-corrected chi connectivity index (χ3v) is 4.76. The highest BCUT2D eigenvalue weighted by Gasteiger charge is 2.14. The Morgan fingerprint density at radius 2 is 1.94 bits per heavy atom. The van der Waals surface area contributed by atoms with E-state index in [4.69, 9.17) is 5.84 Å².